The van der Waals surface area contributed by atoms with E-state index < -0.39 is 0 Å². The highest BCUT2D eigenvalue weighted by atomic mass is 16.5. The summed E-state index contributed by atoms with van der Waals surface area (Å²) in [5, 5.41) is 2.99. The van der Waals surface area contributed by atoms with Crippen molar-refractivity contribution in [2.24, 2.45) is 7.05 Å². The van der Waals surface area contributed by atoms with Crippen LogP contribution in [0.3, 0.4) is 0 Å². The zero-order valence-electron chi connectivity index (χ0n) is 14.2. The van der Waals surface area contributed by atoms with Crippen molar-refractivity contribution in [3.05, 3.63) is 47.9 Å². The molecule has 1 aliphatic rings. The van der Waals surface area contributed by atoms with Crippen LogP contribution >= 0.6 is 0 Å². The summed E-state index contributed by atoms with van der Waals surface area (Å²) in [6.07, 6.45) is 5.23. The Morgan fingerprint density at radius 2 is 2.21 bits per heavy atom. The molecule has 0 aromatic carbocycles. The molecule has 0 aliphatic carbocycles. The maximum atomic E-state index is 12.7. The summed E-state index contributed by atoms with van der Waals surface area (Å²) < 4.78 is 7.22. The summed E-state index contributed by atoms with van der Waals surface area (Å²) in [6, 6.07) is 9.78. The molecule has 3 rings (SSSR count). The maximum Gasteiger partial charge on any atom is 0.318 e. The maximum absolute atomic E-state index is 12.7. The second kappa shape index (κ2) is 7.38. The normalized spacial score (nSPS) is 17.6. The van der Waals surface area contributed by atoms with Crippen LogP contribution in [0.2, 0.25) is 0 Å². The van der Waals surface area contributed by atoms with Crippen molar-refractivity contribution in [2.45, 2.75) is 31.8 Å². The van der Waals surface area contributed by atoms with Gasteiger partial charge in [0.2, 0.25) is 5.88 Å². The molecule has 0 radical (unpaired) electrons. The van der Waals surface area contributed by atoms with E-state index in [9.17, 15) is 4.79 Å². The molecule has 1 N–H and O–H groups in total. The van der Waals surface area contributed by atoms with E-state index in [1.165, 1.54) is 5.69 Å². The van der Waals surface area contributed by atoms with Crippen molar-refractivity contribution in [2.75, 3.05) is 13.7 Å². The van der Waals surface area contributed by atoms with Gasteiger partial charge in [0.1, 0.15) is 0 Å². The Morgan fingerprint density at radius 3 is 2.96 bits per heavy atom. The summed E-state index contributed by atoms with van der Waals surface area (Å²) in [4.78, 5) is 19.0. The van der Waals surface area contributed by atoms with Crippen LogP contribution < -0.4 is 10.1 Å². The van der Waals surface area contributed by atoms with E-state index in [1.807, 2.05) is 36.3 Å². The number of hydrogen-bond donors (Lipinski definition) is 1. The number of piperidine rings is 1. The summed E-state index contributed by atoms with van der Waals surface area (Å²) in [5.74, 6) is 0.557. The van der Waals surface area contributed by atoms with Gasteiger partial charge in [-0.25, -0.2) is 9.78 Å². The molecule has 0 unspecified atom stereocenters. The van der Waals surface area contributed by atoms with Gasteiger partial charge in [-0.05, 0) is 37.5 Å². The lowest BCUT2D eigenvalue weighted by atomic mass is 10.00. The number of nitrogens with zero attached hydrogens (tertiary/aromatic N) is 3. The highest BCUT2D eigenvalue weighted by Crippen LogP contribution is 2.30. The predicted molar refractivity (Wildman–Crippen MR) is 91.7 cm³/mol. The number of carbonyl (C=O) groups is 1. The third-order valence-corrected chi connectivity index (χ3v) is 4.50. The van der Waals surface area contributed by atoms with Crippen molar-refractivity contribution in [3.63, 3.8) is 0 Å². The van der Waals surface area contributed by atoms with Crippen molar-refractivity contribution < 1.29 is 9.53 Å². The molecule has 0 bridgehead atoms. The van der Waals surface area contributed by atoms with E-state index in [1.54, 1.807) is 13.2 Å². The summed E-state index contributed by atoms with van der Waals surface area (Å²) in [7, 11) is 3.61. The van der Waals surface area contributed by atoms with Gasteiger partial charge in [0.05, 0.1) is 25.4 Å². The lowest BCUT2D eigenvalue weighted by Crippen LogP contribution is -2.44. The molecule has 0 saturated carbocycles. The van der Waals surface area contributed by atoms with Crippen LogP contribution in [0, 0.1) is 0 Å². The Bertz CT molecular complexity index is 698. The number of aryl methyl sites for hydroxylation is 1. The highest BCUT2D eigenvalue weighted by Gasteiger charge is 2.29. The van der Waals surface area contributed by atoms with Gasteiger partial charge < -0.3 is 19.5 Å². The second-order valence-electron chi connectivity index (χ2n) is 6.08. The number of nitrogens with one attached hydrogen (secondary N) is 1. The molecule has 1 atom stereocenters. The van der Waals surface area contributed by atoms with Crippen LogP contribution in [0.25, 0.3) is 0 Å². The molecular formula is C18H24N4O2. The monoisotopic (exact) mass is 328 g/mol. The molecule has 2 aromatic heterocycles. The molecule has 6 nitrogen and oxygen atoms in total. The van der Waals surface area contributed by atoms with Crippen LogP contribution in [-0.2, 0) is 13.6 Å². The standard InChI is InChI=1S/C18H24N4O2/c1-21-11-6-9-15(21)16-8-3-4-12-22(16)18(23)19-13-14-7-5-10-17(20-14)24-2/h5-7,9-11,16H,3-4,8,12-13H2,1-2H3,(H,19,23)/t16-/m0/s1. The number of carbonyl (C=O) groups excluding carboxylic acids is 1. The average molecular weight is 328 g/mol. The number of pyridine rings is 1. The molecule has 128 valence electrons. The minimum Gasteiger partial charge on any atom is -0.481 e. The molecule has 2 amide bonds. The lowest BCUT2D eigenvalue weighted by Gasteiger charge is -2.36. The van der Waals surface area contributed by atoms with Crippen molar-refractivity contribution in [3.8, 4) is 5.88 Å². The zero-order valence-corrected chi connectivity index (χ0v) is 14.2. The number of likely N-dealkylation sites (tertiary alicyclic amines) is 1. The summed E-state index contributed by atoms with van der Waals surface area (Å²) in [5.41, 5.74) is 1.97. The number of methoxy groups -OCH3 is 1. The highest BCUT2D eigenvalue weighted by molar-refractivity contribution is 5.74. The van der Waals surface area contributed by atoms with Crippen molar-refractivity contribution >= 4 is 6.03 Å². The van der Waals surface area contributed by atoms with Crippen LogP contribution in [0.1, 0.15) is 36.7 Å². The van der Waals surface area contributed by atoms with Crippen molar-refractivity contribution in [1.29, 1.82) is 0 Å². The molecular weight excluding hydrogens is 304 g/mol. The first-order valence-electron chi connectivity index (χ1n) is 8.34. The first-order chi connectivity index (χ1) is 11.7. The van der Waals surface area contributed by atoms with E-state index in [0.717, 1.165) is 31.5 Å². The fourth-order valence-corrected chi connectivity index (χ4v) is 3.24. The molecule has 2 aromatic rings. The summed E-state index contributed by atoms with van der Waals surface area (Å²) in [6.45, 7) is 1.18. The predicted octanol–water partition coefficient (Wildman–Crippen LogP) is 2.87. The number of amides is 2. The quantitative estimate of drug-likeness (QED) is 0.939. The molecule has 6 heteroatoms. The van der Waals surface area contributed by atoms with E-state index in [4.69, 9.17) is 4.74 Å². The fraction of sp³-hybridized carbons (Fsp3) is 0.444. The molecule has 0 spiro atoms. The minimum absolute atomic E-state index is 0.0366. The first-order valence-corrected chi connectivity index (χ1v) is 8.34. The smallest absolute Gasteiger partial charge is 0.318 e. The van der Waals surface area contributed by atoms with Crippen molar-refractivity contribution in [1.82, 2.24) is 19.8 Å². The largest absolute Gasteiger partial charge is 0.481 e. The molecule has 24 heavy (non-hydrogen) atoms. The Kier molecular flexibility index (Phi) is 5.03. The topological polar surface area (TPSA) is 59.4 Å². The van der Waals surface area contributed by atoms with Crippen LogP contribution in [0.15, 0.2) is 36.5 Å². The van der Waals surface area contributed by atoms with Gasteiger partial charge in [0.15, 0.2) is 0 Å². The SMILES string of the molecule is COc1cccc(CNC(=O)N2CCCC[C@H]2c2cccn2C)n1. The van der Waals surface area contributed by atoms with Crippen LogP contribution in [0.5, 0.6) is 5.88 Å². The van der Waals surface area contributed by atoms with Gasteiger partial charge in [-0.3, -0.25) is 0 Å². The average Bonchev–Trinajstić information content (AvgIpc) is 3.05. The molecule has 1 fully saturated rings. The van der Waals surface area contributed by atoms with E-state index in [0.29, 0.717) is 12.4 Å². The zero-order chi connectivity index (χ0) is 16.9. The third kappa shape index (κ3) is 3.53. The number of urea groups is 1. The Hall–Kier alpha value is -2.50. The Morgan fingerprint density at radius 1 is 1.33 bits per heavy atom. The van der Waals surface area contributed by atoms with E-state index >= 15 is 0 Å². The van der Waals surface area contributed by atoms with Gasteiger partial charge in [-0.2, -0.15) is 0 Å². The second-order valence-corrected chi connectivity index (χ2v) is 6.08. The minimum atomic E-state index is -0.0366. The number of ether oxygens (including phenoxy) is 1. The fourth-order valence-electron chi connectivity index (χ4n) is 3.24. The van der Waals surface area contributed by atoms with Gasteiger partial charge in [-0.1, -0.05) is 6.07 Å². The number of hydrogen-bond acceptors (Lipinski definition) is 3. The van der Waals surface area contributed by atoms with Crippen LogP contribution in [0.4, 0.5) is 4.79 Å². The first kappa shape index (κ1) is 16.4. The van der Waals surface area contributed by atoms with Gasteiger partial charge in [0, 0.05) is 31.5 Å². The number of aromatic nitrogens is 2. The summed E-state index contributed by atoms with van der Waals surface area (Å²) >= 11 is 0. The van der Waals surface area contributed by atoms with E-state index in [2.05, 4.69) is 20.9 Å². The van der Waals surface area contributed by atoms with E-state index in [-0.39, 0.29) is 12.1 Å². The Labute approximate surface area is 142 Å². The molecule has 1 saturated heterocycles. The van der Waals surface area contributed by atoms with Gasteiger partial charge in [0.25, 0.3) is 0 Å². The van der Waals surface area contributed by atoms with Gasteiger partial charge in [-0.15, -0.1) is 0 Å². The van der Waals surface area contributed by atoms with Crippen LogP contribution in [-0.4, -0.2) is 34.1 Å². The van der Waals surface area contributed by atoms with Gasteiger partial charge >= 0.3 is 6.03 Å². The lowest BCUT2D eigenvalue weighted by molar-refractivity contribution is 0.148. The third-order valence-electron chi connectivity index (χ3n) is 4.50. The molecule has 1 aliphatic heterocycles. The Balaban J connectivity index is 1.67. The molecule has 3 heterocycles. The number of rotatable bonds is 4.